The highest BCUT2D eigenvalue weighted by Crippen LogP contribution is 2.30. The number of hydrogen-bond donors (Lipinski definition) is 11. The lowest BCUT2D eigenvalue weighted by Crippen LogP contribution is -2.28. The largest absolute Gasteiger partial charge is 0.394 e. The molecule has 24 nitrogen and oxygen atoms in total. The highest BCUT2D eigenvalue weighted by Gasteiger charge is 2.25. The van der Waals surface area contributed by atoms with Crippen molar-refractivity contribution in [1.82, 2.24) is 64.8 Å². The van der Waals surface area contributed by atoms with Gasteiger partial charge in [0.25, 0.3) is 5.69 Å². The number of aryl methyl sites for hydroxylation is 1. The lowest BCUT2D eigenvalue weighted by molar-refractivity contribution is -0.384. The zero-order valence-electron chi connectivity index (χ0n) is 37.4. The SMILES string of the molecule is Cc1ccc(Nc2nc(NC3CC3)c3[nH]cnc3n2)cc1.O=[N+]([O-])c1ccc(Nc2nc(NC3CC3)c3[nH]cnc3n2)cc1.OCC(CO)Nc1nc(Nc2ccc3ncccc3c2)nc2nc[nH]c12. The maximum absolute atomic E-state index is 10.7. The number of rotatable bonds is 15. The average Bonchev–Trinajstić information content (AvgIpc) is 4.18. The molecule has 0 unspecified atom stereocenters. The van der Waals surface area contributed by atoms with Gasteiger partial charge in [-0.05, 0) is 81.1 Å². The molecule has 11 N–H and O–H groups in total. The lowest BCUT2D eigenvalue weighted by Gasteiger charge is -2.15. The average molecular weight is 943 g/mol. The van der Waals surface area contributed by atoms with Crippen LogP contribution in [0.4, 0.5) is 58.0 Å². The Morgan fingerprint density at radius 1 is 0.614 bits per heavy atom. The standard InChI is InChI=1S/C17H17N7O2.C15H16N6.C14H13N7O2/c25-7-12(8-26)21-16-14-15(20-9-19-14)23-17(24-16)22-11-3-4-13-10(6-11)2-1-5-18-13;1-9-2-4-11(5-3-9)19-15-20-13-12(16-8-17-13)14(21-15)18-10-6-7-10;22-21(23)10-5-3-9(4-6-10)18-14-19-12-11(15-7-16-12)13(20-14)17-8-1-2-8/h1-6,9,12,25-26H,7-8H2,(H3,19,20,21,22,23,24);2-5,8,10H,6-7H2,1H3,(H3,16,17,18,19,20,21);3-8H,1-2H2,(H3,15,16,17,18,19,20). The van der Waals surface area contributed by atoms with Crippen molar-refractivity contribution in [2.24, 2.45) is 0 Å². The van der Waals surface area contributed by atoms with Gasteiger partial charge in [0.15, 0.2) is 34.4 Å². The molecular weight excluding hydrogens is 897 g/mol. The number of H-pyrrole nitrogens is 3. The molecular formula is C46H46N20O4. The summed E-state index contributed by atoms with van der Waals surface area (Å²) in [6.45, 7) is 1.61. The number of fused-ring (bicyclic) bond motifs is 4. The van der Waals surface area contributed by atoms with Crippen LogP contribution >= 0.6 is 0 Å². The van der Waals surface area contributed by atoms with Gasteiger partial charge < -0.3 is 57.1 Å². The summed E-state index contributed by atoms with van der Waals surface area (Å²) < 4.78 is 0. The highest BCUT2D eigenvalue weighted by molar-refractivity contribution is 5.87. The Balaban J connectivity index is 0.000000122. The van der Waals surface area contributed by atoms with Crippen LogP contribution in [0, 0.1) is 17.0 Å². The van der Waals surface area contributed by atoms with Crippen molar-refractivity contribution in [2.75, 3.05) is 45.1 Å². The second-order valence-corrected chi connectivity index (χ2v) is 16.5. The summed E-state index contributed by atoms with van der Waals surface area (Å²) in [6, 6.07) is 24.3. The van der Waals surface area contributed by atoms with Crippen LogP contribution in [0.3, 0.4) is 0 Å². The first-order valence-electron chi connectivity index (χ1n) is 22.3. The lowest BCUT2D eigenvalue weighted by atomic mass is 10.2. The number of pyridine rings is 1. The summed E-state index contributed by atoms with van der Waals surface area (Å²) in [5, 5.41) is 49.5. The van der Waals surface area contributed by atoms with Gasteiger partial charge in [0.05, 0.1) is 48.7 Å². The number of hydrogen-bond acceptors (Lipinski definition) is 20. The summed E-state index contributed by atoms with van der Waals surface area (Å²) in [4.78, 5) is 62.8. The van der Waals surface area contributed by atoms with E-state index in [1.165, 1.54) is 36.9 Å². The number of imidazole rings is 3. The summed E-state index contributed by atoms with van der Waals surface area (Å²) in [5.74, 6) is 3.27. The van der Waals surface area contributed by atoms with Gasteiger partial charge in [-0.2, -0.15) is 29.9 Å². The van der Waals surface area contributed by atoms with E-state index in [-0.39, 0.29) is 18.9 Å². The van der Waals surface area contributed by atoms with Crippen molar-refractivity contribution >= 4 is 102 Å². The zero-order valence-corrected chi connectivity index (χ0v) is 37.4. The van der Waals surface area contributed by atoms with Crippen molar-refractivity contribution < 1.29 is 15.1 Å². The monoisotopic (exact) mass is 942 g/mol. The third-order valence-corrected chi connectivity index (χ3v) is 11.0. The van der Waals surface area contributed by atoms with E-state index >= 15 is 0 Å². The number of nitrogens with zero attached hydrogens (tertiary/aromatic N) is 11. The number of aromatic nitrogens is 13. The third kappa shape index (κ3) is 10.8. The molecule has 2 aliphatic carbocycles. The molecule has 2 fully saturated rings. The zero-order chi connectivity index (χ0) is 48.0. The number of aliphatic hydroxyl groups excluding tert-OH is 2. The summed E-state index contributed by atoms with van der Waals surface area (Å²) in [6.07, 6.45) is 11.1. The number of non-ortho nitro benzene ring substituents is 1. The first kappa shape index (κ1) is 44.7. The number of aromatic amines is 3. The first-order chi connectivity index (χ1) is 34.2. The van der Waals surface area contributed by atoms with Gasteiger partial charge >= 0.3 is 0 Å². The van der Waals surface area contributed by atoms with Crippen molar-refractivity contribution in [3.63, 3.8) is 0 Å². The molecule has 0 saturated heterocycles. The van der Waals surface area contributed by atoms with E-state index in [1.807, 2.05) is 42.5 Å². The molecule has 0 atom stereocenters. The Hall–Kier alpha value is -9.16. The summed E-state index contributed by atoms with van der Waals surface area (Å²) in [5.41, 5.74) is 8.54. The number of benzene rings is 3. The molecule has 0 spiro atoms. The predicted octanol–water partition coefficient (Wildman–Crippen LogP) is 6.97. The molecule has 3 aromatic carbocycles. The van der Waals surface area contributed by atoms with Gasteiger partial charge in [-0.25, -0.2) is 15.0 Å². The number of nitro groups is 1. The van der Waals surface area contributed by atoms with E-state index < -0.39 is 11.0 Å². The molecule has 70 heavy (non-hydrogen) atoms. The van der Waals surface area contributed by atoms with Gasteiger partial charge in [-0.3, -0.25) is 15.1 Å². The molecule has 0 aliphatic heterocycles. The van der Waals surface area contributed by atoms with E-state index in [0.29, 0.717) is 69.7 Å². The van der Waals surface area contributed by atoms with Gasteiger partial charge in [0, 0.05) is 52.9 Å². The molecule has 7 heterocycles. The van der Waals surface area contributed by atoms with Gasteiger partial charge in [-0.1, -0.05) is 23.8 Å². The fourth-order valence-electron chi connectivity index (χ4n) is 7.01. The van der Waals surface area contributed by atoms with Crippen molar-refractivity contribution in [2.45, 2.75) is 50.7 Å². The molecule has 7 aromatic heterocycles. The molecule has 2 aliphatic rings. The number of nitro benzene ring substituents is 1. The fraction of sp³-hybridized carbons (Fsp3) is 0.217. The summed E-state index contributed by atoms with van der Waals surface area (Å²) in [7, 11) is 0. The maximum Gasteiger partial charge on any atom is 0.269 e. The fourth-order valence-corrected chi connectivity index (χ4v) is 7.01. The Labute approximate surface area is 396 Å². The van der Waals surface area contributed by atoms with Crippen LogP contribution in [0.1, 0.15) is 31.2 Å². The van der Waals surface area contributed by atoms with E-state index in [1.54, 1.807) is 31.0 Å². The Morgan fingerprint density at radius 3 is 1.59 bits per heavy atom. The molecule has 0 bridgehead atoms. The van der Waals surface area contributed by atoms with Crippen LogP contribution in [0.15, 0.2) is 104 Å². The van der Waals surface area contributed by atoms with Crippen molar-refractivity contribution in [3.05, 3.63) is 120 Å². The number of nitrogens with one attached hydrogen (secondary N) is 9. The second-order valence-electron chi connectivity index (χ2n) is 16.5. The van der Waals surface area contributed by atoms with E-state index in [2.05, 4.69) is 116 Å². The van der Waals surface area contributed by atoms with E-state index in [0.717, 1.165) is 52.0 Å². The quantitative estimate of drug-likeness (QED) is 0.0365. The minimum atomic E-state index is -0.531. The highest BCUT2D eigenvalue weighted by atomic mass is 16.6. The van der Waals surface area contributed by atoms with Crippen LogP contribution in [0.5, 0.6) is 0 Å². The van der Waals surface area contributed by atoms with Crippen LogP contribution in [-0.2, 0) is 0 Å². The maximum atomic E-state index is 10.7. The van der Waals surface area contributed by atoms with Crippen LogP contribution in [0.25, 0.3) is 44.4 Å². The van der Waals surface area contributed by atoms with Crippen molar-refractivity contribution in [1.29, 1.82) is 0 Å². The third-order valence-electron chi connectivity index (χ3n) is 11.0. The number of anilines is 9. The topological polar surface area (TPSA) is 332 Å². The smallest absolute Gasteiger partial charge is 0.269 e. The molecule has 2 saturated carbocycles. The van der Waals surface area contributed by atoms with E-state index in [4.69, 9.17) is 0 Å². The molecule has 354 valence electrons. The van der Waals surface area contributed by atoms with Gasteiger partial charge in [-0.15, -0.1) is 0 Å². The van der Waals surface area contributed by atoms with Crippen molar-refractivity contribution in [3.8, 4) is 0 Å². The molecule has 24 heteroatoms. The Kier molecular flexibility index (Phi) is 12.7. The molecule has 0 radical (unpaired) electrons. The second kappa shape index (κ2) is 20.0. The minimum absolute atomic E-state index is 0.0373. The predicted molar refractivity (Wildman–Crippen MR) is 266 cm³/mol. The Bertz CT molecular complexity index is 3400. The van der Waals surface area contributed by atoms with Gasteiger partial charge in [0.1, 0.15) is 16.6 Å². The normalized spacial score (nSPS) is 13.1. The minimum Gasteiger partial charge on any atom is -0.394 e. The Morgan fingerprint density at radius 2 is 1.09 bits per heavy atom. The van der Waals surface area contributed by atoms with E-state index in [9.17, 15) is 20.3 Å². The molecule has 0 amide bonds. The van der Waals surface area contributed by atoms with Gasteiger partial charge in [0.2, 0.25) is 17.8 Å². The van der Waals surface area contributed by atoms with Crippen LogP contribution in [-0.4, -0.2) is 111 Å². The first-order valence-corrected chi connectivity index (χ1v) is 22.3. The molecule has 10 aromatic rings. The molecule has 12 rings (SSSR count). The van der Waals surface area contributed by atoms with Crippen LogP contribution in [0.2, 0.25) is 0 Å². The number of aliphatic hydroxyl groups is 2. The van der Waals surface area contributed by atoms with Crippen LogP contribution < -0.4 is 31.9 Å². The summed E-state index contributed by atoms with van der Waals surface area (Å²) >= 11 is 0.